The van der Waals surface area contributed by atoms with Crippen LogP contribution in [0.4, 0.5) is 0 Å². The lowest BCUT2D eigenvalue weighted by atomic mass is 9.70. The standard InChI is InChI=1S/C19H24O6/c1-8-10(3)24-16-11-6-4-5-7-19(11,23)25-17-13(16)12(8)9(2)15(20)14(17)18(21)22/h8,10-11,16,20,23H,4-7H2,1-3H3,(H,21,22)/t8-,10-,11-,16-,19+/m1/s1. The van der Waals surface area contributed by atoms with Crippen LogP contribution in [0.3, 0.4) is 0 Å². The van der Waals surface area contributed by atoms with E-state index in [1.54, 1.807) is 6.92 Å². The predicted molar refractivity (Wildman–Crippen MR) is 89.0 cm³/mol. The molecule has 0 amide bonds. The highest BCUT2D eigenvalue weighted by atomic mass is 16.6. The van der Waals surface area contributed by atoms with Crippen LogP contribution in [0, 0.1) is 12.8 Å². The van der Waals surface area contributed by atoms with Gasteiger partial charge in [-0.2, -0.15) is 0 Å². The van der Waals surface area contributed by atoms with Gasteiger partial charge in [0, 0.05) is 17.9 Å². The lowest BCUT2D eigenvalue weighted by Gasteiger charge is -2.51. The van der Waals surface area contributed by atoms with E-state index in [0.717, 1.165) is 24.8 Å². The Labute approximate surface area is 146 Å². The van der Waals surface area contributed by atoms with Crippen LogP contribution in [0.25, 0.3) is 0 Å². The molecule has 3 N–H and O–H groups in total. The number of carboxylic acid groups (broad SMARTS) is 1. The molecule has 1 aromatic carbocycles. The van der Waals surface area contributed by atoms with Gasteiger partial charge in [0.15, 0.2) is 0 Å². The van der Waals surface area contributed by atoms with Crippen molar-refractivity contribution in [1.82, 2.24) is 0 Å². The Kier molecular flexibility index (Phi) is 3.57. The summed E-state index contributed by atoms with van der Waals surface area (Å²) in [5, 5.41) is 31.3. The van der Waals surface area contributed by atoms with Gasteiger partial charge in [-0.15, -0.1) is 0 Å². The Bertz CT molecular complexity index is 757. The Morgan fingerprint density at radius 2 is 1.96 bits per heavy atom. The van der Waals surface area contributed by atoms with Gasteiger partial charge in [-0.3, -0.25) is 0 Å². The normalized spacial score (nSPS) is 36.2. The van der Waals surface area contributed by atoms with Gasteiger partial charge in [0.1, 0.15) is 17.1 Å². The van der Waals surface area contributed by atoms with Crippen molar-refractivity contribution in [2.24, 2.45) is 5.92 Å². The van der Waals surface area contributed by atoms with Gasteiger partial charge in [0.25, 0.3) is 0 Å². The summed E-state index contributed by atoms with van der Waals surface area (Å²) in [5.41, 5.74) is 1.89. The van der Waals surface area contributed by atoms with E-state index < -0.39 is 17.9 Å². The zero-order valence-electron chi connectivity index (χ0n) is 14.7. The average molecular weight is 348 g/mol. The van der Waals surface area contributed by atoms with Crippen LogP contribution in [0.2, 0.25) is 0 Å². The third kappa shape index (κ3) is 2.13. The summed E-state index contributed by atoms with van der Waals surface area (Å²) in [4.78, 5) is 11.8. The smallest absolute Gasteiger partial charge is 0.343 e. The lowest BCUT2D eigenvalue weighted by molar-refractivity contribution is -0.248. The van der Waals surface area contributed by atoms with Crippen molar-refractivity contribution in [2.45, 2.75) is 70.4 Å². The zero-order chi connectivity index (χ0) is 18.1. The summed E-state index contributed by atoms with van der Waals surface area (Å²) in [6.45, 7) is 5.72. The van der Waals surface area contributed by atoms with Crippen LogP contribution in [-0.4, -0.2) is 33.2 Å². The van der Waals surface area contributed by atoms with Gasteiger partial charge in [-0.05, 0) is 37.8 Å². The molecular weight excluding hydrogens is 324 g/mol. The minimum absolute atomic E-state index is 0.00266. The molecule has 0 bridgehead atoms. The number of aliphatic hydroxyl groups is 1. The number of hydrogen-bond donors (Lipinski definition) is 3. The number of hydrogen-bond acceptors (Lipinski definition) is 5. The van der Waals surface area contributed by atoms with Gasteiger partial charge < -0.3 is 24.8 Å². The third-order valence-corrected chi connectivity index (χ3v) is 6.30. The Morgan fingerprint density at radius 3 is 2.64 bits per heavy atom. The first-order valence-electron chi connectivity index (χ1n) is 8.95. The highest BCUT2D eigenvalue weighted by Gasteiger charge is 2.55. The average Bonchev–Trinajstić information content (AvgIpc) is 2.54. The second kappa shape index (κ2) is 5.35. The molecule has 6 heteroatoms. The molecule has 3 aliphatic rings. The number of rotatable bonds is 1. The maximum Gasteiger partial charge on any atom is 0.343 e. The van der Waals surface area contributed by atoms with Gasteiger partial charge >= 0.3 is 5.97 Å². The van der Waals surface area contributed by atoms with Crippen LogP contribution in [-0.2, 0) is 4.74 Å². The molecule has 25 heavy (non-hydrogen) atoms. The summed E-state index contributed by atoms with van der Waals surface area (Å²) in [5.74, 6) is -3.14. The number of fused-ring (bicyclic) bond motifs is 2. The molecule has 0 aromatic heterocycles. The lowest BCUT2D eigenvalue weighted by Crippen LogP contribution is -2.54. The molecule has 1 aromatic rings. The van der Waals surface area contributed by atoms with E-state index in [2.05, 4.69) is 0 Å². The van der Waals surface area contributed by atoms with E-state index in [-0.39, 0.29) is 35.0 Å². The van der Waals surface area contributed by atoms with Crippen molar-refractivity contribution in [3.05, 3.63) is 22.3 Å². The fraction of sp³-hybridized carbons (Fsp3) is 0.632. The van der Waals surface area contributed by atoms with E-state index in [4.69, 9.17) is 9.47 Å². The molecule has 1 aliphatic carbocycles. The molecule has 0 unspecified atom stereocenters. The van der Waals surface area contributed by atoms with Crippen molar-refractivity contribution < 1.29 is 29.6 Å². The first-order valence-corrected chi connectivity index (χ1v) is 8.95. The van der Waals surface area contributed by atoms with Gasteiger partial charge in [-0.1, -0.05) is 13.3 Å². The number of aromatic hydroxyl groups is 1. The van der Waals surface area contributed by atoms with Gasteiger partial charge in [-0.25, -0.2) is 4.79 Å². The van der Waals surface area contributed by atoms with Crippen molar-refractivity contribution in [3.63, 3.8) is 0 Å². The molecular formula is C19H24O6. The van der Waals surface area contributed by atoms with Crippen LogP contribution in [0.15, 0.2) is 0 Å². The molecule has 2 aliphatic heterocycles. The molecule has 4 rings (SSSR count). The minimum atomic E-state index is -1.45. The maximum atomic E-state index is 11.8. The molecule has 0 saturated heterocycles. The molecule has 0 spiro atoms. The van der Waals surface area contributed by atoms with E-state index >= 15 is 0 Å². The fourth-order valence-electron chi connectivity index (χ4n) is 4.85. The maximum absolute atomic E-state index is 11.8. The first-order chi connectivity index (χ1) is 11.8. The fourth-order valence-corrected chi connectivity index (χ4v) is 4.85. The number of benzene rings is 1. The summed E-state index contributed by atoms with van der Waals surface area (Å²) in [7, 11) is 0. The van der Waals surface area contributed by atoms with Gasteiger partial charge in [0.2, 0.25) is 5.79 Å². The SMILES string of the molecule is Cc1c(O)c(C(=O)O)c2c3c1[C@H](C)[C@@H](C)O[C@@H]3[C@H]1CCCC[C@]1(O)O2. The molecule has 1 fully saturated rings. The van der Waals surface area contributed by atoms with Crippen molar-refractivity contribution in [3.8, 4) is 11.5 Å². The Hall–Kier alpha value is -1.79. The Morgan fingerprint density at radius 1 is 1.24 bits per heavy atom. The van der Waals surface area contributed by atoms with Gasteiger partial charge in [0.05, 0.1) is 18.1 Å². The number of carboxylic acids is 1. The van der Waals surface area contributed by atoms with Crippen LogP contribution < -0.4 is 4.74 Å². The summed E-state index contributed by atoms with van der Waals surface area (Å²) in [6, 6.07) is 0. The molecule has 136 valence electrons. The van der Waals surface area contributed by atoms with Crippen molar-refractivity contribution >= 4 is 5.97 Å². The monoisotopic (exact) mass is 348 g/mol. The number of carbonyl (C=O) groups is 1. The molecule has 5 atom stereocenters. The molecule has 6 nitrogen and oxygen atoms in total. The summed E-state index contributed by atoms with van der Waals surface area (Å²) >= 11 is 0. The summed E-state index contributed by atoms with van der Waals surface area (Å²) in [6.07, 6.45) is 2.49. The highest BCUT2D eigenvalue weighted by Crippen LogP contribution is 2.59. The third-order valence-electron chi connectivity index (χ3n) is 6.30. The summed E-state index contributed by atoms with van der Waals surface area (Å²) < 4.78 is 12.2. The second-order valence-corrected chi connectivity index (χ2v) is 7.66. The Balaban J connectivity index is 2.05. The largest absolute Gasteiger partial charge is 0.507 e. The second-order valence-electron chi connectivity index (χ2n) is 7.66. The number of phenols is 1. The van der Waals surface area contributed by atoms with Crippen molar-refractivity contribution in [2.75, 3.05) is 0 Å². The molecule has 1 saturated carbocycles. The first kappa shape index (κ1) is 16.7. The molecule has 0 radical (unpaired) electrons. The van der Waals surface area contributed by atoms with Crippen LogP contribution in [0.1, 0.15) is 78.6 Å². The van der Waals surface area contributed by atoms with Crippen LogP contribution in [0.5, 0.6) is 11.5 Å². The van der Waals surface area contributed by atoms with E-state index in [1.165, 1.54) is 0 Å². The number of aromatic carboxylic acids is 1. The topological polar surface area (TPSA) is 96.2 Å². The quantitative estimate of drug-likeness (QED) is 0.721. The van der Waals surface area contributed by atoms with E-state index in [1.807, 2.05) is 13.8 Å². The van der Waals surface area contributed by atoms with E-state index in [0.29, 0.717) is 17.5 Å². The van der Waals surface area contributed by atoms with E-state index in [9.17, 15) is 20.1 Å². The predicted octanol–water partition coefficient (Wildman–Crippen LogP) is 3.23. The highest BCUT2D eigenvalue weighted by molar-refractivity contribution is 5.96. The zero-order valence-corrected chi connectivity index (χ0v) is 14.7. The number of ether oxygens (including phenoxy) is 2. The van der Waals surface area contributed by atoms with Crippen LogP contribution >= 0.6 is 0 Å². The molecule has 2 heterocycles. The van der Waals surface area contributed by atoms with Crippen molar-refractivity contribution in [1.29, 1.82) is 0 Å². The minimum Gasteiger partial charge on any atom is -0.507 e.